The van der Waals surface area contributed by atoms with Crippen LogP contribution in [0.25, 0.3) is 22.3 Å². The largest absolute Gasteiger partial charge is 0.207 e. The molecular formula is C34H24F6. The lowest BCUT2D eigenvalue weighted by atomic mass is 10.0. The first-order valence-electron chi connectivity index (χ1n) is 12.7. The van der Waals surface area contributed by atoms with Gasteiger partial charge in [0.2, 0.25) is 0 Å². The van der Waals surface area contributed by atoms with Crippen LogP contribution in [0.2, 0.25) is 0 Å². The third-order valence-corrected chi connectivity index (χ3v) is 6.10. The topological polar surface area (TPSA) is 0 Å². The predicted molar refractivity (Wildman–Crippen MR) is 145 cm³/mol. The molecule has 0 saturated heterocycles. The van der Waals surface area contributed by atoms with Gasteiger partial charge < -0.3 is 0 Å². The van der Waals surface area contributed by atoms with E-state index in [1.165, 1.54) is 24.3 Å². The van der Waals surface area contributed by atoms with Crippen LogP contribution < -0.4 is 0 Å². The maximum Gasteiger partial charge on any atom is 0.132 e. The molecule has 0 aliphatic rings. The van der Waals surface area contributed by atoms with E-state index in [2.05, 4.69) is 23.7 Å². The summed E-state index contributed by atoms with van der Waals surface area (Å²) in [5.41, 5.74) is 1.65. The lowest BCUT2D eigenvalue weighted by Gasteiger charge is -2.06. The van der Waals surface area contributed by atoms with Crippen molar-refractivity contribution in [1.29, 1.82) is 0 Å². The Bertz CT molecular complexity index is 1590. The summed E-state index contributed by atoms with van der Waals surface area (Å²) in [7, 11) is 0. The molecule has 6 heteroatoms. The summed E-state index contributed by atoms with van der Waals surface area (Å²) in [6, 6.07) is 14.6. The lowest BCUT2D eigenvalue weighted by Crippen LogP contribution is -1.91. The van der Waals surface area contributed by atoms with Crippen molar-refractivity contribution in [2.45, 2.75) is 38.5 Å². The summed E-state index contributed by atoms with van der Waals surface area (Å²) < 4.78 is 82.6. The molecule has 0 fully saturated rings. The molecule has 0 nitrogen and oxygen atoms in total. The van der Waals surface area contributed by atoms with Crippen LogP contribution in [-0.4, -0.2) is 0 Å². The van der Waals surface area contributed by atoms with E-state index in [1.54, 1.807) is 12.1 Å². The minimum absolute atomic E-state index is 0.104. The molecule has 4 rings (SSSR count). The summed E-state index contributed by atoms with van der Waals surface area (Å²) >= 11 is 0. The third-order valence-electron chi connectivity index (χ3n) is 6.10. The van der Waals surface area contributed by atoms with Crippen LogP contribution in [0, 0.1) is 58.6 Å². The average Bonchev–Trinajstić information content (AvgIpc) is 2.88. The van der Waals surface area contributed by atoms with Crippen LogP contribution in [0.3, 0.4) is 0 Å². The van der Waals surface area contributed by atoms with Gasteiger partial charge >= 0.3 is 0 Å². The quantitative estimate of drug-likeness (QED) is 0.123. The maximum atomic E-state index is 14.5. The van der Waals surface area contributed by atoms with E-state index in [4.69, 9.17) is 0 Å². The Kier molecular flexibility index (Phi) is 9.71. The van der Waals surface area contributed by atoms with Crippen molar-refractivity contribution >= 4 is 0 Å². The molecule has 0 aromatic heterocycles. The van der Waals surface area contributed by atoms with Gasteiger partial charge in [-0.1, -0.05) is 42.4 Å². The van der Waals surface area contributed by atoms with Crippen molar-refractivity contribution < 1.29 is 26.3 Å². The van der Waals surface area contributed by atoms with Gasteiger partial charge in [-0.15, -0.1) is 5.92 Å². The fourth-order valence-corrected chi connectivity index (χ4v) is 4.17. The smallest absolute Gasteiger partial charge is 0.132 e. The van der Waals surface area contributed by atoms with Crippen LogP contribution in [0.4, 0.5) is 26.3 Å². The summed E-state index contributed by atoms with van der Waals surface area (Å²) in [5.74, 6) is 7.76. The minimum Gasteiger partial charge on any atom is -0.207 e. The van der Waals surface area contributed by atoms with Gasteiger partial charge in [0.15, 0.2) is 0 Å². The van der Waals surface area contributed by atoms with Crippen molar-refractivity contribution in [2.24, 2.45) is 0 Å². The number of hydrogen-bond acceptors (Lipinski definition) is 0. The Labute approximate surface area is 229 Å². The van der Waals surface area contributed by atoms with Gasteiger partial charge in [0.25, 0.3) is 0 Å². The highest BCUT2D eigenvalue weighted by molar-refractivity contribution is 5.66. The molecular weight excluding hydrogens is 522 g/mol. The average molecular weight is 547 g/mol. The molecule has 0 radical (unpaired) electrons. The van der Waals surface area contributed by atoms with Crippen molar-refractivity contribution in [3.05, 3.63) is 119 Å². The van der Waals surface area contributed by atoms with E-state index in [-0.39, 0.29) is 22.3 Å². The van der Waals surface area contributed by atoms with Crippen LogP contribution in [0.15, 0.2) is 72.8 Å². The number of rotatable bonds is 7. The molecule has 0 N–H and O–H groups in total. The monoisotopic (exact) mass is 546 g/mol. The highest BCUT2D eigenvalue weighted by Gasteiger charge is 2.10. The number of hydrogen-bond donors (Lipinski definition) is 0. The molecule has 4 aromatic carbocycles. The van der Waals surface area contributed by atoms with Crippen molar-refractivity contribution in [3.63, 3.8) is 0 Å². The van der Waals surface area contributed by atoms with Crippen molar-refractivity contribution in [1.82, 2.24) is 0 Å². The molecule has 0 aliphatic heterocycles. The fraction of sp³-hybridized carbons (Fsp3) is 0.176. The van der Waals surface area contributed by atoms with Gasteiger partial charge in [-0.05, 0) is 72.0 Å². The first kappa shape index (κ1) is 28.6. The normalized spacial score (nSPS) is 10.4. The Hall–Kier alpha value is -4.42. The molecule has 0 unspecified atom stereocenters. The molecule has 0 aliphatic carbocycles. The molecule has 202 valence electrons. The zero-order chi connectivity index (χ0) is 28.5. The van der Waals surface area contributed by atoms with E-state index in [1.807, 2.05) is 0 Å². The van der Waals surface area contributed by atoms with Crippen LogP contribution in [0.5, 0.6) is 0 Å². The molecule has 0 amide bonds. The van der Waals surface area contributed by atoms with E-state index in [9.17, 15) is 26.3 Å². The highest BCUT2D eigenvalue weighted by Crippen LogP contribution is 2.26. The van der Waals surface area contributed by atoms with E-state index < -0.39 is 34.9 Å². The van der Waals surface area contributed by atoms with Crippen LogP contribution in [-0.2, 0) is 6.42 Å². The van der Waals surface area contributed by atoms with Gasteiger partial charge in [-0.3, -0.25) is 0 Å². The standard InChI is InChI=1S/C34H24F6/c35-27-17-25(18-28(36)21-27)31-13-11-23(15-33(31)39)9-7-5-3-1-2-4-6-8-10-24-12-14-32(34(40)16-24)26-19-29(37)22-30(38)20-26/h11-22H,1-5,10H2. The molecule has 0 saturated carbocycles. The second kappa shape index (κ2) is 13.6. The van der Waals surface area contributed by atoms with E-state index in [0.717, 1.165) is 55.7 Å². The number of unbranched alkanes of at least 4 members (excludes halogenated alkanes) is 4. The second-order valence-electron chi connectivity index (χ2n) is 9.22. The van der Waals surface area contributed by atoms with Gasteiger partial charge in [-0.2, -0.15) is 0 Å². The fourth-order valence-electron chi connectivity index (χ4n) is 4.17. The zero-order valence-electron chi connectivity index (χ0n) is 21.4. The number of halogens is 6. The van der Waals surface area contributed by atoms with Crippen molar-refractivity contribution in [3.8, 4) is 45.9 Å². The minimum atomic E-state index is -0.771. The van der Waals surface area contributed by atoms with Crippen LogP contribution in [0.1, 0.15) is 43.2 Å². The summed E-state index contributed by atoms with van der Waals surface area (Å²) in [5, 5.41) is 0. The Morgan fingerprint density at radius 2 is 1.00 bits per heavy atom. The van der Waals surface area contributed by atoms with Gasteiger partial charge in [0, 0.05) is 48.1 Å². The lowest BCUT2D eigenvalue weighted by molar-refractivity contribution is 0.582. The summed E-state index contributed by atoms with van der Waals surface area (Å²) in [6.45, 7) is 0. The van der Waals surface area contributed by atoms with E-state index >= 15 is 0 Å². The summed E-state index contributed by atoms with van der Waals surface area (Å²) in [4.78, 5) is 0. The molecule has 0 bridgehead atoms. The Balaban J connectivity index is 1.18. The van der Waals surface area contributed by atoms with Crippen LogP contribution >= 0.6 is 0 Å². The third kappa shape index (κ3) is 8.04. The summed E-state index contributed by atoms with van der Waals surface area (Å²) in [6.07, 6.45) is 4.32. The predicted octanol–water partition coefficient (Wildman–Crippen LogP) is 9.40. The molecule has 0 atom stereocenters. The molecule has 0 heterocycles. The molecule has 4 aromatic rings. The second-order valence-corrected chi connectivity index (χ2v) is 9.22. The van der Waals surface area contributed by atoms with Gasteiger partial charge in [0.1, 0.15) is 34.9 Å². The zero-order valence-corrected chi connectivity index (χ0v) is 21.4. The molecule has 40 heavy (non-hydrogen) atoms. The first-order valence-corrected chi connectivity index (χ1v) is 12.7. The Morgan fingerprint density at radius 3 is 1.55 bits per heavy atom. The molecule has 0 spiro atoms. The Morgan fingerprint density at radius 1 is 0.475 bits per heavy atom. The SMILES string of the molecule is Fc1cc(F)cc(-c2ccc(C#CCCCCCC#CCc3ccc(-c4cc(F)cc(F)c4)c(F)c3)cc2F)c1. The van der Waals surface area contributed by atoms with Gasteiger partial charge in [-0.25, -0.2) is 26.3 Å². The van der Waals surface area contributed by atoms with Gasteiger partial charge in [0.05, 0.1) is 0 Å². The maximum absolute atomic E-state index is 14.5. The first-order chi connectivity index (χ1) is 19.3. The van der Waals surface area contributed by atoms with Crippen molar-refractivity contribution in [2.75, 3.05) is 0 Å². The number of benzene rings is 4. The van der Waals surface area contributed by atoms with E-state index in [0.29, 0.717) is 30.4 Å². The highest BCUT2D eigenvalue weighted by atomic mass is 19.2.